The van der Waals surface area contributed by atoms with Gasteiger partial charge in [0.15, 0.2) is 0 Å². The molecule has 1 N–H and O–H groups in total. The van der Waals surface area contributed by atoms with Crippen molar-refractivity contribution in [1.82, 2.24) is 0 Å². The van der Waals surface area contributed by atoms with Crippen LogP contribution >= 0.6 is 27.5 Å². The van der Waals surface area contributed by atoms with Gasteiger partial charge in [0, 0.05) is 22.3 Å². The lowest BCUT2D eigenvalue weighted by Gasteiger charge is -2.37. The molecule has 0 bridgehead atoms. The highest BCUT2D eigenvalue weighted by Gasteiger charge is 2.31. The van der Waals surface area contributed by atoms with Crippen LogP contribution in [0.4, 0.5) is 5.69 Å². The van der Waals surface area contributed by atoms with Crippen LogP contribution < -0.4 is 10.1 Å². The molecular formula is C17H17BrClNO. The smallest absolute Gasteiger partial charge is 0.139 e. The maximum absolute atomic E-state index is 6.04. The Hall–Kier alpha value is -1.19. The van der Waals surface area contributed by atoms with E-state index in [0.29, 0.717) is 22.7 Å². The number of anilines is 1. The Balaban J connectivity index is 1.61. The van der Waals surface area contributed by atoms with Crippen molar-refractivity contribution in [3.63, 3.8) is 0 Å². The molecule has 2 nitrogen and oxygen atoms in total. The van der Waals surface area contributed by atoms with E-state index in [1.165, 1.54) is 10.0 Å². The van der Waals surface area contributed by atoms with Gasteiger partial charge in [0.2, 0.25) is 0 Å². The molecule has 1 fully saturated rings. The summed E-state index contributed by atoms with van der Waals surface area (Å²) in [5.41, 5.74) is 2.47. The molecule has 1 aliphatic carbocycles. The Morgan fingerprint density at radius 2 is 1.95 bits per heavy atom. The Bertz CT molecular complexity index is 640. The molecule has 0 aromatic heterocycles. The van der Waals surface area contributed by atoms with Crippen molar-refractivity contribution in [1.29, 1.82) is 0 Å². The average Bonchev–Trinajstić information content (AvgIpc) is 2.45. The topological polar surface area (TPSA) is 21.3 Å². The molecule has 3 rings (SSSR count). The van der Waals surface area contributed by atoms with Crippen LogP contribution in [0.3, 0.4) is 0 Å². The zero-order valence-corrected chi connectivity index (χ0v) is 14.1. The summed E-state index contributed by atoms with van der Waals surface area (Å²) in [6.45, 7) is 0. The molecule has 1 aliphatic rings. The summed E-state index contributed by atoms with van der Waals surface area (Å²) in [5, 5.41) is 4.19. The van der Waals surface area contributed by atoms with Crippen molar-refractivity contribution in [2.75, 3.05) is 12.4 Å². The highest BCUT2D eigenvalue weighted by molar-refractivity contribution is 9.10. The van der Waals surface area contributed by atoms with Crippen molar-refractivity contribution in [3.8, 4) is 5.75 Å². The van der Waals surface area contributed by atoms with Crippen molar-refractivity contribution in [2.45, 2.75) is 24.8 Å². The van der Waals surface area contributed by atoms with E-state index >= 15 is 0 Å². The molecule has 2 aromatic rings. The number of ether oxygens (including phenoxy) is 1. The Morgan fingerprint density at radius 1 is 1.19 bits per heavy atom. The lowest BCUT2D eigenvalue weighted by atomic mass is 9.76. The van der Waals surface area contributed by atoms with Crippen LogP contribution in [-0.4, -0.2) is 13.2 Å². The zero-order chi connectivity index (χ0) is 14.8. The molecule has 21 heavy (non-hydrogen) atoms. The molecule has 0 heterocycles. The first-order valence-corrected chi connectivity index (χ1v) is 8.19. The fourth-order valence-electron chi connectivity index (χ4n) is 2.78. The van der Waals surface area contributed by atoms with Gasteiger partial charge in [-0.05, 0) is 42.5 Å². The standard InChI is InChI=1S/C17H17BrClNO/c1-21-17-10-12(6-7-16(17)19)20-13-8-11(9-13)14-4-2-3-5-15(14)18/h2-7,10-11,13,20H,8-9H2,1H3. The van der Waals surface area contributed by atoms with Gasteiger partial charge in [-0.3, -0.25) is 0 Å². The van der Waals surface area contributed by atoms with Crippen LogP contribution in [-0.2, 0) is 0 Å². The Labute approximate surface area is 138 Å². The van der Waals surface area contributed by atoms with Gasteiger partial charge in [-0.1, -0.05) is 45.7 Å². The maximum atomic E-state index is 6.04. The molecule has 0 saturated heterocycles. The van der Waals surface area contributed by atoms with Gasteiger partial charge in [0.25, 0.3) is 0 Å². The van der Waals surface area contributed by atoms with Gasteiger partial charge in [-0.15, -0.1) is 0 Å². The lowest BCUT2D eigenvalue weighted by molar-refractivity contribution is 0.372. The quantitative estimate of drug-likeness (QED) is 0.774. The molecule has 0 radical (unpaired) electrons. The van der Waals surface area contributed by atoms with Gasteiger partial charge < -0.3 is 10.1 Å². The second-order valence-electron chi connectivity index (χ2n) is 5.38. The van der Waals surface area contributed by atoms with Crippen molar-refractivity contribution >= 4 is 33.2 Å². The number of halogens is 2. The Morgan fingerprint density at radius 3 is 2.67 bits per heavy atom. The molecule has 1 saturated carbocycles. The number of rotatable bonds is 4. The van der Waals surface area contributed by atoms with Gasteiger partial charge >= 0.3 is 0 Å². The van der Waals surface area contributed by atoms with E-state index < -0.39 is 0 Å². The van der Waals surface area contributed by atoms with Crippen LogP contribution in [0.5, 0.6) is 5.75 Å². The normalized spacial score (nSPS) is 20.7. The molecule has 4 heteroatoms. The van der Waals surface area contributed by atoms with Crippen LogP contribution in [0.1, 0.15) is 24.3 Å². The third-order valence-electron chi connectivity index (χ3n) is 4.01. The summed E-state index contributed by atoms with van der Waals surface area (Å²) in [6, 6.07) is 14.8. The zero-order valence-electron chi connectivity index (χ0n) is 11.8. The van der Waals surface area contributed by atoms with Gasteiger partial charge in [-0.2, -0.15) is 0 Å². The first kappa shape index (κ1) is 14.7. The highest BCUT2D eigenvalue weighted by Crippen LogP contribution is 2.41. The maximum Gasteiger partial charge on any atom is 0.139 e. The van der Waals surface area contributed by atoms with Crippen LogP contribution in [0.2, 0.25) is 5.02 Å². The molecule has 0 amide bonds. The monoisotopic (exact) mass is 365 g/mol. The molecule has 0 atom stereocenters. The third kappa shape index (κ3) is 3.19. The first-order chi connectivity index (χ1) is 10.2. The summed E-state index contributed by atoms with van der Waals surface area (Å²) < 4.78 is 6.46. The van der Waals surface area contributed by atoms with Crippen LogP contribution in [0.15, 0.2) is 46.9 Å². The van der Waals surface area contributed by atoms with Crippen molar-refractivity contribution in [2.24, 2.45) is 0 Å². The van der Waals surface area contributed by atoms with Crippen molar-refractivity contribution < 1.29 is 4.74 Å². The molecule has 0 aliphatic heterocycles. The second-order valence-corrected chi connectivity index (χ2v) is 6.64. The predicted octanol–water partition coefficient (Wildman–Crippen LogP) is 5.47. The molecule has 0 unspecified atom stereocenters. The van der Waals surface area contributed by atoms with Crippen LogP contribution in [0.25, 0.3) is 0 Å². The fourth-order valence-corrected chi connectivity index (χ4v) is 3.58. The minimum absolute atomic E-state index is 0.507. The van der Waals surface area contributed by atoms with E-state index in [2.05, 4.69) is 45.5 Å². The summed E-state index contributed by atoms with van der Waals surface area (Å²) in [5.74, 6) is 1.34. The predicted molar refractivity (Wildman–Crippen MR) is 91.5 cm³/mol. The van der Waals surface area contributed by atoms with E-state index in [4.69, 9.17) is 16.3 Å². The van der Waals surface area contributed by atoms with E-state index in [1.807, 2.05) is 18.2 Å². The van der Waals surface area contributed by atoms with Gasteiger partial charge in [0.1, 0.15) is 5.75 Å². The Kier molecular flexibility index (Phi) is 4.41. The van der Waals surface area contributed by atoms with E-state index in [9.17, 15) is 0 Å². The summed E-state index contributed by atoms with van der Waals surface area (Å²) >= 11 is 9.68. The highest BCUT2D eigenvalue weighted by atomic mass is 79.9. The third-order valence-corrected chi connectivity index (χ3v) is 5.04. The summed E-state index contributed by atoms with van der Waals surface area (Å²) in [6.07, 6.45) is 2.29. The fraction of sp³-hybridized carbons (Fsp3) is 0.294. The molecule has 0 spiro atoms. The van der Waals surface area contributed by atoms with Gasteiger partial charge in [0.05, 0.1) is 12.1 Å². The molecule has 110 valence electrons. The lowest BCUT2D eigenvalue weighted by Crippen LogP contribution is -2.34. The molecule has 2 aromatic carbocycles. The SMILES string of the molecule is COc1cc(NC2CC(c3ccccc3Br)C2)ccc1Cl. The largest absolute Gasteiger partial charge is 0.495 e. The van der Waals surface area contributed by atoms with E-state index in [1.54, 1.807) is 7.11 Å². The summed E-state index contributed by atoms with van der Waals surface area (Å²) in [4.78, 5) is 0. The van der Waals surface area contributed by atoms with E-state index in [0.717, 1.165) is 18.5 Å². The number of benzene rings is 2. The number of hydrogen-bond acceptors (Lipinski definition) is 2. The summed E-state index contributed by atoms with van der Waals surface area (Å²) in [7, 11) is 1.64. The van der Waals surface area contributed by atoms with Gasteiger partial charge in [-0.25, -0.2) is 0 Å². The number of methoxy groups -OCH3 is 1. The average molecular weight is 367 g/mol. The minimum atomic E-state index is 0.507. The number of hydrogen-bond donors (Lipinski definition) is 1. The van der Waals surface area contributed by atoms with Crippen LogP contribution in [0, 0.1) is 0 Å². The second kappa shape index (κ2) is 6.29. The minimum Gasteiger partial charge on any atom is -0.495 e. The van der Waals surface area contributed by atoms with Crippen molar-refractivity contribution in [3.05, 3.63) is 57.5 Å². The number of nitrogens with one attached hydrogen (secondary N) is 1. The first-order valence-electron chi connectivity index (χ1n) is 7.02. The van der Waals surface area contributed by atoms with E-state index in [-0.39, 0.29) is 0 Å². The molecular weight excluding hydrogens is 350 g/mol.